The minimum Gasteiger partial charge on any atom is -0.379 e. The first-order valence-corrected chi connectivity index (χ1v) is 8.44. The van der Waals surface area contributed by atoms with Gasteiger partial charge in [-0.1, -0.05) is 30.3 Å². The Morgan fingerprint density at radius 1 is 1.18 bits per heavy atom. The van der Waals surface area contributed by atoms with Gasteiger partial charge in [-0.15, -0.1) is 11.3 Å². The topological polar surface area (TPSA) is 41.6 Å². The lowest BCUT2D eigenvalue weighted by Crippen LogP contribution is -2.41. The number of hydrogen-bond acceptors (Lipinski definition) is 4. The molecule has 5 heteroatoms. The van der Waals surface area contributed by atoms with Crippen LogP contribution < -0.4 is 5.32 Å². The first-order chi connectivity index (χ1) is 10.8. The van der Waals surface area contributed by atoms with E-state index in [1.807, 2.05) is 41.8 Å². The number of rotatable bonds is 5. The number of nitrogens with one attached hydrogen (secondary N) is 1. The number of hydrogen-bond donors (Lipinski definition) is 1. The summed E-state index contributed by atoms with van der Waals surface area (Å²) in [6.45, 7) is 5.02. The largest absolute Gasteiger partial charge is 0.379 e. The second-order valence-corrected chi connectivity index (χ2v) is 6.16. The van der Waals surface area contributed by atoms with E-state index in [2.05, 4.69) is 10.2 Å². The number of nitrogens with zero attached hydrogens (tertiary/aromatic N) is 1. The minimum absolute atomic E-state index is 0.0158. The molecule has 1 aliphatic heterocycles. The van der Waals surface area contributed by atoms with Crippen molar-refractivity contribution in [2.75, 3.05) is 39.4 Å². The van der Waals surface area contributed by atoms with E-state index >= 15 is 0 Å². The summed E-state index contributed by atoms with van der Waals surface area (Å²) >= 11 is 1.49. The molecule has 0 atom stereocenters. The highest BCUT2D eigenvalue weighted by atomic mass is 32.1. The summed E-state index contributed by atoms with van der Waals surface area (Å²) in [5.74, 6) is 0.0158. The summed E-state index contributed by atoms with van der Waals surface area (Å²) in [5.41, 5.74) is 2.09. The van der Waals surface area contributed by atoms with Gasteiger partial charge in [-0.2, -0.15) is 0 Å². The Labute approximate surface area is 134 Å². The van der Waals surface area contributed by atoms with Crippen LogP contribution in [0.15, 0.2) is 41.8 Å². The van der Waals surface area contributed by atoms with Gasteiger partial charge in [-0.05, 0) is 17.0 Å². The van der Waals surface area contributed by atoms with Gasteiger partial charge in [0.1, 0.15) is 0 Å². The molecule has 0 unspecified atom stereocenters. The smallest absolute Gasteiger partial charge is 0.262 e. The maximum Gasteiger partial charge on any atom is 0.262 e. The Balaban J connectivity index is 1.58. The average Bonchev–Trinajstić information content (AvgIpc) is 3.06. The second-order valence-electron chi connectivity index (χ2n) is 5.24. The van der Waals surface area contributed by atoms with Crippen LogP contribution in [0, 0.1) is 0 Å². The van der Waals surface area contributed by atoms with Crippen LogP contribution in [0.3, 0.4) is 0 Å². The molecule has 3 rings (SSSR count). The van der Waals surface area contributed by atoms with Gasteiger partial charge < -0.3 is 10.1 Å². The predicted octanol–water partition coefficient (Wildman–Crippen LogP) is 2.48. The van der Waals surface area contributed by atoms with Gasteiger partial charge in [0.25, 0.3) is 5.91 Å². The number of benzene rings is 1. The molecule has 0 radical (unpaired) electrons. The third-order valence-corrected chi connectivity index (χ3v) is 4.69. The fourth-order valence-electron chi connectivity index (χ4n) is 2.56. The summed E-state index contributed by atoms with van der Waals surface area (Å²) in [7, 11) is 0. The van der Waals surface area contributed by atoms with E-state index in [0.717, 1.165) is 48.9 Å². The summed E-state index contributed by atoms with van der Waals surface area (Å²) in [6, 6.07) is 12.0. The molecule has 0 aliphatic carbocycles. The van der Waals surface area contributed by atoms with Crippen LogP contribution in [0.2, 0.25) is 0 Å². The van der Waals surface area contributed by atoms with Gasteiger partial charge in [0.2, 0.25) is 0 Å². The summed E-state index contributed by atoms with van der Waals surface area (Å²) < 4.78 is 5.32. The van der Waals surface area contributed by atoms with E-state index in [9.17, 15) is 4.79 Å². The van der Waals surface area contributed by atoms with E-state index in [-0.39, 0.29) is 5.91 Å². The molecule has 4 nitrogen and oxygen atoms in total. The van der Waals surface area contributed by atoms with E-state index in [1.54, 1.807) is 0 Å². The van der Waals surface area contributed by atoms with Crippen molar-refractivity contribution >= 4 is 17.2 Å². The third kappa shape index (κ3) is 3.74. The van der Waals surface area contributed by atoms with E-state index < -0.39 is 0 Å². The number of thiophene rings is 1. The average molecular weight is 316 g/mol. The van der Waals surface area contributed by atoms with Crippen molar-refractivity contribution in [3.8, 4) is 11.1 Å². The van der Waals surface area contributed by atoms with Crippen LogP contribution in [-0.4, -0.2) is 50.2 Å². The van der Waals surface area contributed by atoms with Crippen molar-refractivity contribution in [3.63, 3.8) is 0 Å². The van der Waals surface area contributed by atoms with Crippen LogP contribution in [0.1, 0.15) is 9.67 Å². The molecule has 0 spiro atoms. The minimum atomic E-state index is 0.0158. The Hall–Kier alpha value is -1.69. The zero-order valence-electron chi connectivity index (χ0n) is 12.5. The monoisotopic (exact) mass is 316 g/mol. The lowest BCUT2D eigenvalue weighted by molar-refractivity contribution is 0.0383. The zero-order valence-corrected chi connectivity index (χ0v) is 13.3. The molecular weight excluding hydrogens is 296 g/mol. The van der Waals surface area contributed by atoms with Gasteiger partial charge in [0, 0.05) is 31.7 Å². The summed E-state index contributed by atoms with van der Waals surface area (Å²) in [4.78, 5) is 15.5. The molecule has 0 bridgehead atoms. The normalized spacial score (nSPS) is 15.6. The van der Waals surface area contributed by atoms with Crippen LogP contribution in [0.25, 0.3) is 11.1 Å². The quantitative estimate of drug-likeness (QED) is 0.921. The Bertz CT molecular complexity index is 606. The number of morpholine rings is 1. The zero-order chi connectivity index (χ0) is 15.2. The Kier molecular flexibility index (Phi) is 5.21. The number of amides is 1. The summed E-state index contributed by atoms with van der Waals surface area (Å²) in [6.07, 6.45) is 0. The Morgan fingerprint density at radius 2 is 1.95 bits per heavy atom. The van der Waals surface area contributed by atoms with E-state index in [1.165, 1.54) is 11.3 Å². The van der Waals surface area contributed by atoms with Crippen molar-refractivity contribution in [1.82, 2.24) is 10.2 Å². The molecule has 1 amide bonds. The SMILES string of the molecule is O=C(NCCN1CCOCC1)c1sccc1-c1ccccc1. The predicted molar refractivity (Wildman–Crippen MR) is 89.3 cm³/mol. The highest BCUT2D eigenvalue weighted by Gasteiger charge is 2.15. The first-order valence-electron chi connectivity index (χ1n) is 7.56. The van der Waals surface area contributed by atoms with Crippen LogP contribution in [0.4, 0.5) is 0 Å². The van der Waals surface area contributed by atoms with Crippen molar-refractivity contribution in [2.24, 2.45) is 0 Å². The van der Waals surface area contributed by atoms with Gasteiger partial charge >= 0.3 is 0 Å². The fourth-order valence-corrected chi connectivity index (χ4v) is 3.40. The fraction of sp³-hybridized carbons (Fsp3) is 0.353. The lowest BCUT2D eigenvalue weighted by atomic mass is 10.1. The molecule has 1 N–H and O–H groups in total. The second kappa shape index (κ2) is 7.54. The third-order valence-electron chi connectivity index (χ3n) is 3.77. The molecule has 2 heterocycles. The number of ether oxygens (including phenoxy) is 1. The number of carbonyl (C=O) groups excluding carboxylic acids is 1. The standard InChI is InChI=1S/C17H20N2O2S/c20-17(18-7-8-19-9-11-21-12-10-19)16-15(6-13-22-16)14-4-2-1-3-5-14/h1-6,13H,7-12H2,(H,18,20). The van der Waals surface area contributed by atoms with Crippen LogP contribution in [0.5, 0.6) is 0 Å². The molecular formula is C17H20N2O2S. The molecule has 1 saturated heterocycles. The van der Waals surface area contributed by atoms with E-state index in [4.69, 9.17) is 4.74 Å². The van der Waals surface area contributed by atoms with Gasteiger partial charge in [-0.25, -0.2) is 0 Å². The molecule has 1 aromatic heterocycles. The van der Waals surface area contributed by atoms with Crippen LogP contribution in [-0.2, 0) is 4.74 Å². The summed E-state index contributed by atoms with van der Waals surface area (Å²) in [5, 5.41) is 5.00. The molecule has 1 aliphatic rings. The molecule has 22 heavy (non-hydrogen) atoms. The maximum absolute atomic E-state index is 12.4. The van der Waals surface area contributed by atoms with Crippen LogP contribution >= 0.6 is 11.3 Å². The van der Waals surface area contributed by atoms with Crippen molar-refractivity contribution < 1.29 is 9.53 Å². The highest BCUT2D eigenvalue weighted by Crippen LogP contribution is 2.27. The molecule has 116 valence electrons. The lowest BCUT2D eigenvalue weighted by Gasteiger charge is -2.26. The first kappa shape index (κ1) is 15.2. The van der Waals surface area contributed by atoms with Crippen molar-refractivity contribution in [1.29, 1.82) is 0 Å². The molecule has 1 aromatic carbocycles. The maximum atomic E-state index is 12.4. The highest BCUT2D eigenvalue weighted by molar-refractivity contribution is 7.12. The van der Waals surface area contributed by atoms with Gasteiger partial charge in [0.05, 0.1) is 18.1 Å². The van der Waals surface area contributed by atoms with Crippen molar-refractivity contribution in [3.05, 3.63) is 46.7 Å². The molecule has 2 aromatic rings. The van der Waals surface area contributed by atoms with Crippen molar-refractivity contribution in [2.45, 2.75) is 0 Å². The van der Waals surface area contributed by atoms with Gasteiger partial charge in [-0.3, -0.25) is 9.69 Å². The van der Waals surface area contributed by atoms with E-state index in [0.29, 0.717) is 6.54 Å². The molecule has 0 saturated carbocycles. The molecule has 1 fully saturated rings. The van der Waals surface area contributed by atoms with Gasteiger partial charge in [0.15, 0.2) is 0 Å². The Morgan fingerprint density at radius 3 is 2.73 bits per heavy atom. The number of carbonyl (C=O) groups is 1.